The number of hydrogen-bond donors (Lipinski definition) is 1. The van der Waals surface area contributed by atoms with Crippen LogP contribution in [-0.2, 0) is 11.8 Å². The molecule has 0 unspecified atom stereocenters. The summed E-state index contributed by atoms with van der Waals surface area (Å²) >= 11 is 0. The van der Waals surface area contributed by atoms with Gasteiger partial charge in [0.25, 0.3) is 0 Å². The first kappa shape index (κ1) is 14.0. The van der Waals surface area contributed by atoms with Crippen LogP contribution < -0.4 is 10.2 Å². The molecule has 114 valence electrons. The van der Waals surface area contributed by atoms with Crippen molar-refractivity contribution in [2.45, 2.75) is 6.92 Å². The minimum absolute atomic E-state index is 0.118. The lowest BCUT2D eigenvalue weighted by atomic mass is 10.3. The maximum Gasteiger partial charge on any atom is 0.245 e. The number of anilines is 2. The van der Waals surface area contributed by atoms with Crippen LogP contribution in [-0.4, -0.2) is 44.4 Å². The van der Waals surface area contributed by atoms with E-state index in [2.05, 4.69) is 25.5 Å². The highest BCUT2D eigenvalue weighted by Crippen LogP contribution is 2.20. The molecule has 0 radical (unpaired) electrons. The Morgan fingerprint density at radius 3 is 3.00 bits per heavy atom. The molecule has 0 aliphatic carbocycles. The molecule has 0 aliphatic heterocycles. The second-order valence-corrected chi connectivity index (χ2v) is 4.93. The molecule has 3 aromatic heterocycles. The van der Waals surface area contributed by atoms with Crippen molar-refractivity contribution in [3.8, 4) is 0 Å². The van der Waals surface area contributed by atoms with E-state index >= 15 is 0 Å². The number of carbonyl (C=O) groups excluding carboxylic acids is 1. The molecule has 1 amide bonds. The van der Waals surface area contributed by atoms with Gasteiger partial charge in [-0.25, -0.2) is 9.97 Å². The topological polar surface area (TPSA) is 102 Å². The second-order valence-electron chi connectivity index (χ2n) is 4.93. The standard InChI is InChI=1S/C13H15N7O2/c1-8-4-10(18-22-8)17-11(21)6-19(2)12-9-5-16-20(3)13(9)15-7-14-12/h4-5,7H,6H2,1-3H3,(H,17,18,21). The summed E-state index contributed by atoms with van der Waals surface area (Å²) in [6.45, 7) is 1.88. The number of rotatable bonds is 4. The van der Waals surface area contributed by atoms with E-state index < -0.39 is 0 Å². The van der Waals surface area contributed by atoms with Gasteiger partial charge in [0.15, 0.2) is 11.5 Å². The molecule has 3 heterocycles. The SMILES string of the molecule is Cc1cc(NC(=O)CN(C)c2ncnc3c2cnn3C)no1. The maximum atomic E-state index is 12.0. The van der Waals surface area contributed by atoms with Crippen molar-refractivity contribution in [3.05, 3.63) is 24.4 Å². The fraction of sp³-hybridized carbons (Fsp3) is 0.308. The summed E-state index contributed by atoms with van der Waals surface area (Å²) in [6.07, 6.45) is 3.13. The number of hydrogen-bond acceptors (Lipinski definition) is 7. The van der Waals surface area contributed by atoms with Gasteiger partial charge in [0.2, 0.25) is 5.91 Å². The van der Waals surface area contributed by atoms with Crippen molar-refractivity contribution >= 4 is 28.6 Å². The molecule has 0 saturated carbocycles. The Morgan fingerprint density at radius 2 is 2.27 bits per heavy atom. The molecular weight excluding hydrogens is 286 g/mol. The van der Waals surface area contributed by atoms with Gasteiger partial charge < -0.3 is 14.7 Å². The molecule has 0 atom stereocenters. The molecule has 0 saturated heterocycles. The lowest BCUT2D eigenvalue weighted by molar-refractivity contribution is -0.115. The zero-order valence-electron chi connectivity index (χ0n) is 12.4. The van der Waals surface area contributed by atoms with E-state index in [4.69, 9.17) is 4.52 Å². The highest BCUT2D eigenvalue weighted by Gasteiger charge is 2.15. The number of aryl methyl sites for hydroxylation is 2. The zero-order valence-corrected chi connectivity index (χ0v) is 12.4. The molecule has 1 N–H and O–H groups in total. The van der Waals surface area contributed by atoms with E-state index in [9.17, 15) is 4.79 Å². The Labute approximate surface area is 125 Å². The fourth-order valence-corrected chi connectivity index (χ4v) is 2.15. The molecule has 9 heteroatoms. The number of likely N-dealkylation sites (N-methyl/N-ethyl adjacent to an activating group) is 1. The minimum atomic E-state index is -0.216. The van der Waals surface area contributed by atoms with Gasteiger partial charge in [-0.3, -0.25) is 9.48 Å². The first-order valence-corrected chi connectivity index (χ1v) is 6.61. The van der Waals surface area contributed by atoms with Crippen LogP contribution in [0.5, 0.6) is 0 Å². The minimum Gasteiger partial charge on any atom is -0.360 e. The van der Waals surface area contributed by atoms with Gasteiger partial charge in [-0.2, -0.15) is 5.10 Å². The van der Waals surface area contributed by atoms with E-state index in [-0.39, 0.29) is 12.5 Å². The van der Waals surface area contributed by atoms with Crippen LogP contribution in [0.25, 0.3) is 11.0 Å². The highest BCUT2D eigenvalue weighted by molar-refractivity contribution is 5.95. The first-order chi connectivity index (χ1) is 10.5. The van der Waals surface area contributed by atoms with Gasteiger partial charge in [0.05, 0.1) is 18.1 Å². The third kappa shape index (κ3) is 2.60. The predicted molar refractivity (Wildman–Crippen MR) is 79.4 cm³/mol. The largest absolute Gasteiger partial charge is 0.360 e. The Kier molecular flexibility index (Phi) is 3.45. The Bertz CT molecular complexity index is 823. The summed E-state index contributed by atoms with van der Waals surface area (Å²) in [7, 11) is 3.58. The molecule has 3 aromatic rings. The van der Waals surface area contributed by atoms with E-state index in [1.54, 1.807) is 42.9 Å². The lowest BCUT2D eigenvalue weighted by Gasteiger charge is -2.17. The van der Waals surface area contributed by atoms with Crippen molar-refractivity contribution in [2.75, 3.05) is 23.8 Å². The molecule has 0 aliphatic rings. The summed E-state index contributed by atoms with van der Waals surface area (Å²) in [6, 6.07) is 1.65. The number of carbonyl (C=O) groups is 1. The molecule has 0 bridgehead atoms. The number of amides is 1. The third-order valence-corrected chi connectivity index (χ3v) is 3.15. The van der Waals surface area contributed by atoms with Crippen molar-refractivity contribution in [3.63, 3.8) is 0 Å². The smallest absolute Gasteiger partial charge is 0.245 e. The molecule has 0 fully saturated rings. The van der Waals surface area contributed by atoms with Crippen molar-refractivity contribution in [1.82, 2.24) is 24.9 Å². The number of nitrogens with one attached hydrogen (secondary N) is 1. The average Bonchev–Trinajstić information content (AvgIpc) is 3.05. The van der Waals surface area contributed by atoms with E-state index in [1.807, 2.05) is 0 Å². The van der Waals surface area contributed by atoms with Gasteiger partial charge >= 0.3 is 0 Å². The summed E-state index contributed by atoms with van der Waals surface area (Å²) < 4.78 is 6.56. The summed E-state index contributed by atoms with van der Waals surface area (Å²) in [5, 5.41) is 11.3. The molecule has 0 spiro atoms. The van der Waals surface area contributed by atoms with Crippen LogP contribution >= 0.6 is 0 Å². The molecule has 22 heavy (non-hydrogen) atoms. The van der Waals surface area contributed by atoms with Crippen molar-refractivity contribution in [1.29, 1.82) is 0 Å². The second kappa shape index (κ2) is 5.43. The average molecular weight is 301 g/mol. The van der Waals surface area contributed by atoms with Crippen LogP contribution in [0.3, 0.4) is 0 Å². The summed E-state index contributed by atoms with van der Waals surface area (Å²) in [4.78, 5) is 22.2. The fourth-order valence-electron chi connectivity index (χ4n) is 2.15. The number of fused-ring (bicyclic) bond motifs is 1. The van der Waals surface area contributed by atoms with Gasteiger partial charge in [0.1, 0.15) is 17.9 Å². The summed E-state index contributed by atoms with van der Waals surface area (Å²) in [5.41, 5.74) is 0.712. The lowest BCUT2D eigenvalue weighted by Crippen LogP contribution is -2.30. The van der Waals surface area contributed by atoms with Gasteiger partial charge in [-0.15, -0.1) is 0 Å². The maximum absolute atomic E-state index is 12.0. The van der Waals surface area contributed by atoms with E-state index in [0.717, 1.165) is 5.39 Å². The quantitative estimate of drug-likeness (QED) is 0.758. The molecule has 9 nitrogen and oxygen atoms in total. The summed E-state index contributed by atoms with van der Waals surface area (Å²) in [5.74, 6) is 1.46. The zero-order chi connectivity index (χ0) is 15.7. The molecule has 0 aromatic carbocycles. The molecular formula is C13H15N7O2. The third-order valence-electron chi connectivity index (χ3n) is 3.15. The van der Waals surface area contributed by atoms with Gasteiger partial charge in [0, 0.05) is 20.2 Å². The van der Waals surface area contributed by atoms with Crippen LogP contribution in [0.15, 0.2) is 23.1 Å². The highest BCUT2D eigenvalue weighted by atomic mass is 16.5. The Balaban J connectivity index is 1.75. The van der Waals surface area contributed by atoms with E-state index in [0.29, 0.717) is 23.0 Å². The van der Waals surface area contributed by atoms with Crippen LogP contribution in [0.4, 0.5) is 11.6 Å². The number of aromatic nitrogens is 5. The van der Waals surface area contributed by atoms with E-state index in [1.165, 1.54) is 6.33 Å². The Morgan fingerprint density at radius 1 is 1.45 bits per heavy atom. The van der Waals surface area contributed by atoms with Crippen molar-refractivity contribution < 1.29 is 9.32 Å². The van der Waals surface area contributed by atoms with Gasteiger partial charge in [-0.05, 0) is 6.92 Å². The monoisotopic (exact) mass is 301 g/mol. The van der Waals surface area contributed by atoms with Crippen molar-refractivity contribution in [2.24, 2.45) is 7.05 Å². The van der Waals surface area contributed by atoms with Crippen LogP contribution in [0.2, 0.25) is 0 Å². The number of nitrogens with zero attached hydrogens (tertiary/aromatic N) is 6. The van der Waals surface area contributed by atoms with Gasteiger partial charge in [-0.1, -0.05) is 5.16 Å². The first-order valence-electron chi connectivity index (χ1n) is 6.61. The predicted octanol–water partition coefficient (Wildman–Crippen LogP) is 0.735. The Hall–Kier alpha value is -2.97. The molecule has 3 rings (SSSR count). The van der Waals surface area contributed by atoms with Crippen LogP contribution in [0, 0.1) is 6.92 Å². The normalized spacial score (nSPS) is 10.9. The van der Waals surface area contributed by atoms with Crippen LogP contribution in [0.1, 0.15) is 5.76 Å².